The van der Waals surface area contributed by atoms with Crippen LogP contribution in [0.25, 0.3) is 10.8 Å². The average Bonchev–Trinajstić information content (AvgIpc) is 2.49. The molecular formula is C17H13BrN2O. The first-order valence-corrected chi connectivity index (χ1v) is 7.28. The van der Waals surface area contributed by atoms with Gasteiger partial charge in [0.05, 0.1) is 11.4 Å². The van der Waals surface area contributed by atoms with Crippen LogP contribution in [0.3, 0.4) is 0 Å². The Morgan fingerprint density at radius 1 is 0.952 bits per heavy atom. The molecule has 0 radical (unpaired) electrons. The van der Waals surface area contributed by atoms with Crippen molar-refractivity contribution in [2.75, 3.05) is 11.1 Å². The van der Waals surface area contributed by atoms with Gasteiger partial charge in [-0.3, -0.25) is 4.79 Å². The number of amides is 1. The summed E-state index contributed by atoms with van der Waals surface area (Å²) in [5.74, 6) is -0.172. The molecule has 0 saturated heterocycles. The Morgan fingerprint density at radius 3 is 2.48 bits per heavy atom. The van der Waals surface area contributed by atoms with Gasteiger partial charge in [0, 0.05) is 10.0 Å². The Bertz CT molecular complexity index is 830. The van der Waals surface area contributed by atoms with Gasteiger partial charge in [-0.25, -0.2) is 0 Å². The fraction of sp³-hybridized carbons (Fsp3) is 0. The maximum Gasteiger partial charge on any atom is 0.255 e. The van der Waals surface area contributed by atoms with Gasteiger partial charge < -0.3 is 11.1 Å². The molecule has 0 atom stereocenters. The van der Waals surface area contributed by atoms with E-state index < -0.39 is 0 Å². The Kier molecular flexibility index (Phi) is 3.62. The zero-order valence-electron chi connectivity index (χ0n) is 11.1. The van der Waals surface area contributed by atoms with E-state index in [0.29, 0.717) is 16.9 Å². The number of anilines is 2. The van der Waals surface area contributed by atoms with Crippen LogP contribution in [-0.4, -0.2) is 5.91 Å². The first kappa shape index (κ1) is 13.6. The SMILES string of the molecule is Nc1cc(Br)ccc1NC(=O)c1ccc2ccccc2c1. The van der Waals surface area contributed by atoms with Gasteiger partial charge in [-0.05, 0) is 41.1 Å². The summed E-state index contributed by atoms with van der Waals surface area (Å²) in [5, 5.41) is 4.98. The molecule has 104 valence electrons. The van der Waals surface area contributed by atoms with Gasteiger partial charge in [0.2, 0.25) is 0 Å². The molecule has 4 heteroatoms. The number of nitrogen functional groups attached to an aromatic ring is 1. The summed E-state index contributed by atoms with van der Waals surface area (Å²) in [5.41, 5.74) is 7.64. The minimum atomic E-state index is -0.172. The van der Waals surface area contributed by atoms with Crippen LogP contribution in [0.4, 0.5) is 11.4 Å². The molecule has 3 rings (SSSR count). The van der Waals surface area contributed by atoms with Crippen LogP contribution in [0.5, 0.6) is 0 Å². The van der Waals surface area contributed by atoms with Crippen molar-refractivity contribution in [1.29, 1.82) is 0 Å². The first-order valence-electron chi connectivity index (χ1n) is 6.49. The monoisotopic (exact) mass is 340 g/mol. The van der Waals surface area contributed by atoms with Gasteiger partial charge in [-0.2, -0.15) is 0 Å². The molecule has 3 N–H and O–H groups in total. The van der Waals surface area contributed by atoms with Crippen molar-refractivity contribution < 1.29 is 4.79 Å². The first-order chi connectivity index (χ1) is 10.1. The Labute approximate surface area is 130 Å². The maximum atomic E-state index is 12.3. The lowest BCUT2D eigenvalue weighted by atomic mass is 10.1. The van der Waals surface area contributed by atoms with Crippen molar-refractivity contribution in [3.63, 3.8) is 0 Å². The van der Waals surface area contributed by atoms with Crippen molar-refractivity contribution in [3.05, 3.63) is 70.7 Å². The lowest BCUT2D eigenvalue weighted by Crippen LogP contribution is -2.13. The normalized spacial score (nSPS) is 10.5. The number of hydrogen-bond acceptors (Lipinski definition) is 2. The van der Waals surface area contributed by atoms with Gasteiger partial charge >= 0.3 is 0 Å². The van der Waals surface area contributed by atoms with E-state index in [9.17, 15) is 4.79 Å². The van der Waals surface area contributed by atoms with Crippen LogP contribution in [0, 0.1) is 0 Å². The second-order valence-corrected chi connectivity index (χ2v) is 5.66. The molecule has 0 spiro atoms. The van der Waals surface area contributed by atoms with Crippen molar-refractivity contribution in [1.82, 2.24) is 0 Å². The molecule has 0 heterocycles. The molecule has 0 aliphatic heterocycles. The zero-order valence-corrected chi connectivity index (χ0v) is 12.7. The van der Waals surface area contributed by atoms with Crippen molar-refractivity contribution in [3.8, 4) is 0 Å². The third-order valence-electron chi connectivity index (χ3n) is 3.27. The molecule has 0 unspecified atom stereocenters. The van der Waals surface area contributed by atoms with Crippen LogP contribution < -0.4 is 11.1 Å². The van der Waals surface area contributed by atoms with E-state index in [4.69, 9.17) is 5.73 Å². The number of fused-ring (bicyclic) bond motifs is 1. The van der Waals surface area contributed by atoms with Gasteiger partial charge in [0.15, 0.2) is 0 Å². The lowest BCUT2D eigenvalue weighted by molar-refractivity contribution is 0.102. The number of benzene rings is 3. The predicted octanol–water partition coefficient (Wildman–Crippen LogP) is 4.44. The number of carbonyl (C=O) groups is 1. The molecule has 0 aliphatic rings. The van der Waals surface area contributed by atoms with Crippen LogP contribution >= 0.6 is 15.9 Å². The molecule has 3 aromatic rings. The maximum absolute atomic E-state index is 12.3. The summed E-state index contributed by atoms with van der Waals surface area (Å²) in [6, 6.07) is 18.9. The number of rotatable bonds is 2. The molecule has 0 fully saturated rings. The van der Waals surface area contributed by atoms with Gasteiger partial charge in [0.1, 0.15) is 0 Å². The molecule has 3 nitrogen and oxygen atoms in total. The van der Waals surface area contributed by atoms with E-state index in [1.807, 2.05) is 48.5 Å². The smallest absolute Gasteiger partial charge is 0.255 e. The highest BCUT2D eigenvalue weighted by molar-refractivity contribution is 9.10. The second kappa shape index (κ2) is 5.58. The zero-order chi connectivity index (χ0) is 14.8. The number of carbonyl (C=O) groups excluding carboxylic acids is 1. The Morgan fingerprint density at radius 2 is 1.71 bits per heavy atom. The number of nitrogens with one attached hydrogen (secondary N) is 1. The summed E-state index contributed by atoms with van der Waals surface area (Å²) in [6.45, 7) is 0. The fourth-order valence-electron chi connectivity index (χ4n) is 2.17. The van der Waals surface area contributed by atoms with Crippen molar-refractivity contribution in [2.45, 2.75) is 0 Å². The standard InChI is InChI=1S/C17H13BrN2O/c18-14-7-8-16(15(19)10-14)20-17(21)13-6-5-11-3-1-2-4-12(11)9-13/h1-10H,19H2,(H,20,21). The summed E-state index contributed by atoms with van der Waals surface area (Å²) in [4.78, 5) is 12.3. The largest absolute Gasteiger partial charge is 0.397 e. The number of halogens is 1. The highest BCUT2D eigenvalue weighted by Crippen LogP contribution is 2.24. The quantitative estimate of drug-likeness (QED) is 0.677. The minimum absolute atomic E-state index is 0.172. The molecule has 0 aliphatic carbocycles. The molecule has 1 amide bonds. The molecule has 21 heavy (non-hydrogen) atoms. The number of hydrogen-bond donors (Lipinski definition) is 2. The molecule has 3 aromatic carbocycles. The fourth-order valence-corrected chi connectivity index (χ4v) is 2.55. The lowest BCUT2D eigenvalue weighted by Gasteiger charge is -2.09. The second-order valence-electron chi connectivity index (χ2n) is 4.75. The van der Waals surface area contributed by atoms with Crippen LogP contribution in [0.15, 0.2) is 65.1 Å². The van der Waals surface area contributed by atoms with Crippen molar-refractivity contribution >= 4 is 44.0 Å². The topological polar surface area (TPSA) is 55.1 Å². The minimum Gasteiger partial charge on any atom is -0.397 e. The molecule has 0 saturated carbocycles. The highest BCUT2D eigenvalue weighted by atomic mass is 79.9. The summed E-state index contributed by atoms with van der Waals surface area (Å²) in [7, 11) is 0. The van der Waals surface area contributed by atoms with E-state index in [1.165, 1.54) is 0 Å². The Hall–Kier alpha value is -2.33. The number of nitrogens with two attached hydrogens (primary N) is 1. The van der Waals surface area contributed by atoms with Crippen LogP contribution in [-0.2, 0) is 0 Å². The van der Waals surface area contributed by atoms with E-state index >= 15 is 0 Å². The van der Waals surface area contributed by atoms with E-state index in [0.717, 1.165) is 15.2 Å². The predicted molar refractivity (Wildman–Crippen MR) is 90.5 cm³/mol. The third kappa shape index (κ3) is 2.90. The molecule has 0 aromatic heterocycles. The van der Waals surface area contributed by atoms with E-state index in [2.05, 4.69) is 21.2 Å². The summed E-state index contributed by atoms with van der Waals surface area (Å²) in [6.07, 6.45) is 0. The van der Waals surface area contributed by atoms with E-state index in [1.54, 1.807) is 12.1 Å². The third-order valence-corrected chi connectivity index (χ3v) is 3.77. The summed E-state index contributed by atoms with van der Waals surface area (Å²) >= 11 is 3.34. The van der Waals surface area contributed by atoms with Gasteiger partial charge in [-0.1, -0.05) is 46.3 Å². The highest BCUT2D eigenvalue weighted by Gasteiger charge is 2.09. The van der Waals surface area contributed by atoms with Crippen molar-refractivity contribution in [2.24, 2.45) is 0 Å². The van der Waals surface area contributed by atoms with Gasteiger partial charge in [0.25, 0.3) is 5.91 Å². The van der Waals surface area contributed by atoms with Gasteiger partial charge in [-0.15, -0.1) is 0 Å². The Balaban J connectivity index is 1.89. The summed E-state index contributed by atoms with van der Waals surface area (Å²) < 4.78 is 0.878. The van der Waals surface area contributed by atoms with Crippen LogP contribution in [0.2, 0.25) is 0 Å². The molecule has 0 bridgehead atoms. The van der Waals surface area contributed by atoms with Crippen LogP contribution in [0.1, 0.15) is 10.4 Å². The molecular weight excluding hydrogens is 328 g/mol. The average molecular weight is 341 g/mol. The van der Waals surface area contributed by atoms with E-state index in [-0.39, 0.29) is 5.91 Å².